The summed E-state index contributed by atoms with van der Waals surface area (Å²) in [6, 6.07) is 9.26. The van der Waals surface area contributed by atoms with Crippen molar-refractivity contribution in [2.75, 3.05) is 0 Å². The van der Waals surface area contributed by atoms with E-state index in [-0.39, 0.29) is 12.2 Å². The molecule has 88 valence electrons. The zero-order valence-electron chi connectivity index (χ0n) is 9.58. The Morgan fingerprint density at radius 2 is 2.12 bits per heavy atom. The number of aromatic nitrogens is 2. The molecule has 0 bridgehead atoms. The van der Waals surface area contributed by atoms with E-state index in [1.807, 2.05) is 31.2 Å². The van der Waals surface area contributed by atoms with Crippen LogP contribution in [0.3, 0.4) is 0 Å². The molecule has 0 aliphatic heterocycles. The van der Waals surface area contributed by atoms with Crippen LogP contribution in [-0.4, -0.2) is 14.7 Å². The maximum absolute atomic E-state index is 11.4. The monoisotopic (exact) mass is 230 g/mol. The molecule has 1 heterocycles. The van der Waals surface area contributed by atoms with E-state index in [4.69, 9.17) is 0 Å². The Kier molecular flexibility index (Phi) is 3.35. The Morgan fingerprint density at radius 3 is 2.82 bits per heavy atom. The van der Waals surface area contributed by atoms with Crippen LogP contribution in [0.25, 0.3) is 0 Å². The van der Waals surface area contributed by atoms with Crippen molar-refractivity contribution >= 4 is 0 Å². The second kappa shape index (κ2) is 4.93. The van der Waals surface area contributed by atoms with Crippen LogP contribution in [0.4, 0.5) is 0 Å². The van der Waals surface area contributed by atoms with Gasteiger partial charge in [0, 0.05) is 12.4 Å². The first-order valence-corrected chi connectivity index (χ1v) is 5.43. The molecular formula is C13H14N2O2. The van der Waals surface area contributed by atoms with Crippen molar-refractivity contribution in [1.29, 1.82) is 0 Å². The van der Waals surface area contributed by atoms with Gasteiger partial charge in [0.05, 0.1) is 12.6 Å². The third-order valence-electron chi connectivity index (χ3n) is 2.70. The van der Waals surface area contributed by atoms with Crippen molar-refractivity contribution in [2.24, 2.45) is 0 Å². The number of hydrogen-bond acceptors (Lipinski definition) is 3. The number of aliphatic hydroxyl groups excluding tert-OH is 1. The highest BCUT2D eigenvalue weighted by atomic mass is 16.3. The number of benzene rings is 1. The standard InChI is InChI=1S/C13H14N2O2/c1-10-5-2-3-6-11(10)12(16)9-15-8-4-7-14-13(15)17/h2-8,12,16H,9H2,1H3. The Labute approximate surface area is 99.2 Å². The molecule has 0 radical (unpaired) electrons. The molecule has 0 fully saturated rings. The van der Waals surface area contributed by atoms with Crippen LogP contribution in [0.2, 0.25) is 0 Å². The lowest BCUT2D eigenvalue weighted by Gasteiger charge is -2.14. The minimum atomic E-state index is -0.696. The van der Waals surface area contributed by atoms with Gasteiger partial charge in [-0.3, -0.25) is 4.57 Å². The third kappa shape index (κ3) is 2.60. The second-order valence-electron chi connectivity index (χ2n) is 3.93. The minimum Gasteiger partial charge on any atom is -0.387 e. The molecule has 1 unspecified atom stereocenters. The van der Waals surface area contributed by atoms with E-state index >= 15 is 0 Å². The molecule has 17 heavy (non-hydrogen) atoms. The van der Waals surface area contributed by atoms with Crippen LogP contribution in [-0.2, 0) is 6.54 Å². The summed E-state index contributed by atoms with van der Waals surface area (Å²) < 4.78 is 1.40. The van der Waals surface area contributed by atoms with Crippen LogP contribution in [0.15, 0.2) is 47.5 Å². The summed E-state index contributed by atoms with van der Waals surface area (Å²) in [5, 5.41) is 10.1. The molecule has 1 aromatic heterocycles. The van der Waals surface area contributed by atoms with Gasteiger partial charge in [-0.15, -0.1) is 0 Å². The fourth-order valence-electron chi connectivity index (χ4n) is 1.77. The summed E-state index contributed by atoms with van der Waals surface area (Å²) in [5.41, 5.74) is 1.50. The summed E-state index contributed by atoms with van der Waals surface area (Å²) >= 11 is 0. The van der Waals surface area contributed by atoms with Crippen LogP contribution in [0.5, 0.6) is 0 Å². The molecule has 0 amide bonds. The molecule has 1 atom stereocenters. The van der Waals surface area contributed by atoms with Crippen LogP contribution < -0.4 is 5.69 Å². The molecule has 0 spiro atoms. The van der Waals surface area contributed by atoms with Gasteiger partial charge in [0.15, 0.2) is 0 Å². The Hall–Kier alpha value is -1.94. The van der Waals surface area contributed by atoms with Crippen LogP contribution in [0.1, 0.15) is 17.2 Å². The number of hydrogen-bond donors (Lipinski definition) is 1. The molecule has 4 heteroatoms. The third-order valence-corrected chi connectivity index (χ3v) is 2.70. The minimum absolute atomic E-state index is 0.220. The zero-order valence-corrected chi connectivity index (χ0v) is 9.58. The topological polar surface area (TPSA) is 55.1 Å². The molecule has 1 aromatic carbocycles. The van der Waals surface area contributed by atoms with Gasteiger partial charge >= 0.3 is 5.69 Å². The highest BCUT2D eigenvalue weighted by Crippen LogP contribution is 2.18. The molecule has 1 N–H and O–H groups in total. The first-order valence-electron chi connectivity index (χ1n) is 5.43. The van der Waals surface area contributed by atoms with Gasteiger partial charge in [0.1, 0.15) is 0 Å². The predicted molar refractivity (Wildman–Crippen MR) is 64.6 cm³/mol. The van der Waals surface area contributed by atoms with Crippen molar-refractivity contribution in [3.05, 3.63) is 64.3 Å². The highest BCUT2D eigenvalue weighted by Gasteiger charge is 2.11. The van der Waals surface area contributed by atoms with Crippen LogP contribution >= 0.6 is 0 Å². The second-order valence-corrected chi connectivity index (χ2v) is 3.93. The molecule has 0 saturated carbocycles. The fraction of sp³-hybridized carbons (Fsp3) is 0.231. The molecule has 0 saturated heterocycles. The van der Waals surface area contributed by atoms with Gasteiger partial charge in [0.25, 0.3) is 0 Å². The number of aliphatic hydroxyl groups is 1. The summed E-state index contributed by atoms with van der Waals surface area (Å²) in [6.07, 6.45) is 2.37. The van der Waals surface area contributed by atoms with Gasteiger partial charge in [-0.1, -0.05) is 24.3 Å². The number of nitrogens with zero attached hydrogens (tertiary/aromatic N) is 2. The Bertz CT molecular complexity index is 563. The molecule has 2 aromatic rings. The number of rotatable bonds is 3. The van der Waals surface area contributed by atoms with Gasteiger partial charge in [-0.2, -0.15) is 0 Å². The zero-order chi connectivity index (χ0) is 12.3. The lowest BCUT2D eigenvalue weighted by atomic mass is 10.0. The number of aryl methyl sites for hydroxylation is 1. The summed E-state index contributed by atoms with van der Waals surface area (Å²) in [6.45, 7) is 2.15. The normalized spacial score (nSPS) is 12.4. The van der Waals surface area contributed by atoms with Gasteiger partial charge in [-0.05, 0) is 24.1 Å². The van der Waals surface area contributed by atoms with Crippen molar-refractivity contribution in [3.63, 3.8) is 0 Å². The molecule has 0 aliphatic rings. The van der Waals surface area contributed by atoms with Crippen LogP contribution in [0, 0.1) is 6.92 Å². The van der Waals surface area contributed by atoms with E-state index in [2.05, 4.69) is 4.98 Å². The van der Waals surface area contributed by atoms with E-state index in [1.54, 1.807) is 12.3 Å². The molecular weight excluding hydrogens is 216 g/mol. The summed E-state index contributed by atoms with van der Waals surface area (Å²) in [7, 11) is 0. The largest absolute Gasteiger partial charge is 0.387 e. The Morgan fingerprint density at radius 1 is 1.35 bits per heavy atom. The quantitative estimate of drug-likeness (QED) is 0.864. The maximum Gasteiger partial charge on any atom is 0.347 e. The van der Waals surface area contributed by atoms with E-state index in [1.165, 1.54) is 10.8 Å². The molecule has 2 rings (SSSR count). The Balaban J connectivity index is 2.23. The average Bonchev–Trinajstić information content (AvgIpc) is 2.32. The molecule has 4 nitrogen and oxygen atoms in total. The smallest absolute Gasteiger partial charge is 0.347 e. The van der Waals surface area contributed by atoms with Crippen molar-refractivity contribution in [1.82, 2.24) is 9.55 Å². The highest BCUT2D eigenvalue weighted by molar-refractivity contribution is 5.27. The SMILES string of the molecule is Cc1ccccc1C(O)Cn1cccnc1=O. The van der Waals surface area contributed by atoms with Crippen molar-refractivity contribution in [2.45, 2.75) is 19.6 Å². The van der Waals surface area contributed by atoms with Gasteiger partial charge in [0.2, 0.25) is 0 Å². The first kappa shape index (κ1) is 11.5. The van der Waals surface area contributed by atoms with E-state index < -0.39 is 6.10 Å². The average molecular weight is 230 g/mol. The van der Waals surface area contributed by atoms with Crippen molar-refractivity contribution in [3.8, 4) is 0 Å². The van der Waals surface area contributed by atoms with E-state index in [0.29, 0.717) is 0 Å². The van der Waals surface area contributed by atoms with Gasteiger partial charge in [-0.25, -0.2) is 9.78 Å². The van der Waals surface area contributed by atoms with E-state index in [0.717, 1.165) is 11.1 Å². The van der Waals surface area contributed by atoms with Gasteiger partial charge < -0.3 is 5.11 Å². The summed E-state index contributed by atoms with van der Waals surface area (Å²) in [4.78, 5) is 15.1. The van der Waals surface area contributed by atoms with Crippen molar-refractivity contribution < 1.29 is 5.11 Å². The summed E-state index contributed by atoms with van der Waals surface area (Å²) in [5.74, 6) is 0. The first-order chi connectivity index (χ1) is 8.18. The fourth-order valence-corrected chi connectivity index (χ4v) is 1.77. The predicted octanol–water partition coefficient (Wildman–Crippen LogP) is 1.29. The van der Waals surface area contributed by atoms with E-state index in [9.17, 15) is 9.90 Å². The lowest BCUT2D eigenvalue weighted by molar-refractivity contribution is 0.154. The molecule has 0 aliphatic carbocycles. The maximum atomic E-state index is 11.4. The lowest BCUT2D eigenvalue weighted by Crippen LogP contribution is -2.24.